The van der Waals surface area contributed by atoms with Crippen molar-refractivity contribution in [2.75, 3.05) is 19.7 Å². The number of carbonyl (C=O) groups excluding carboxylic acids is 1. The van der Waals surface area contributed by atoms with Gasteiger partial charge in [0.25, 0.3) is 5.91 Å². The molecular formula is C23H28F2N4O2. The van der Waals surface area contributed by atoms with Crippen LogP contribution in [0.1, 0.15) is 41.3 Å². The van der Waals surface area contributed by atoms with Gasteiger partial charge in [-0.1, -0.05) is 12.1 Å². The molecule has 0 aliphatic carbocycles. The average Bonchev–Trinajstić information content (AvgIpc) is 3.30. The van der Waals surface area contributed by atoms with E-state index < -0.39 is 11.6 Å². The summed E-state index contributed by atoms with van der Waals surface area (Å²) < 4.78 is 32.7. The first-order chi connectivity index (χ1) is 15.0. The molecule has 0 aromatic heterocycles. The third-order valence-corrected chi connectivity index (χ3v) is 4.92. The first kappa shape index (κ1) is 22.7. The van der Waals surface area contributed by atoms with E-state index in [1.807, 2.05) is 19.1 Å². The minimum atomic E-state index is -0.491. The molecule has 1 atom stereocenters. The minimum Gasteiger partial charge on any atom is -0.376 e. The summed E-state index contributed by atoms with van der Waals surface area (Å²) in [7, 11) is 0. The van der Waals surface area contributed by atoms with Crippen LogP contribution in [0.25, 0.3) is 0 Å². The van der Waals surface area contributed by atoms with Crippen molar-refractivity contribution >= 4 is 11.9 Å². The molecule has 1 unspecified atom stereocenters. The van der Waals surface area contributed by atoms with E-state index in [1.54, 1.807) is 12.1 Å². The van der Waals surface area contributed by atoms with E-state index >= 15 is 0 Å². The van der Waals surface area contributed by atoms with Crippen LogP contribution < -0.4 is 16.0 Å². The quantitative estimate of drug-likeness (QED) is 0.444. The van der Waals surface area contributed by atoms with Crippen LogP contribution in [0.2, 0.25) is 0 Å². The van der Waals surface area contributed by atoms with Gasteiger partial charge in [0, 0.05) is 37.4 Å². The number of amides is 1. The predicted octanol–water partition coefficient (Wildman–Crippen LogP) is 3.13. The number of hydrogen-bond donors (Lipinski definition) is 3. The Balaban J connectivity index is 1.58. The summed E-state index contributed by atoms with van der Waals surface area (Å²) in [6.45, 7) is 4.21. The second-order valence-corrected chi connectivity index (χ2v) is 7.33. The topological polar surface area (TPSA) is 74.8 Å². The fourth-order valence-electron chi connectivity index (χ4n) is 3.29. The van der Waals surface area contributed by atoms with Gasteiger partial charge in [0.05, 0.1) is 12.6 Å². The lowest BCUT2D eigenvalue weighted by atomic mass is 10.1. The van der Waals surface area contributed by atoms with Gasteiger partial charge in [-0.2, -0.15) is 0 Å². The third-order valence-electron chi connectivity index (χ3n) is 4.92. The van der Waals surface area contributed by atoms with E-state index in [2.05, 4.69) is 20.9 Å². The van der Waals surface area contributed by atoms with Crippen molar-refractivity contribution in [2.45, 2.75) is 39.0 Å². The van der Waals surface area contributed by atoms with E-state index in [4.69, 9.17) is 4.74 Å². The molecule has 2 aromatic rings. The number of rotatable bonds is 8. The number of nitrogens with one attached hydrogen (secondary N) is 3. The number of hydrogen-bond acceptors (Lipinski definition) is 3. The van der Waals surface area contributed by atoms with Gasteiger partial charge in [-0.3, -0.25) is 4.79 Å². The summed E-state index contributed by atoms with van der Waals surface area (Å²) in [6.07, 6.45) is 2.09. The number of halogens is 2. The number of ether oxygens (including phenoxy) is 1. The highest BCUT2D eigenvalue weighted by molar-refractivity contribution is 5.94. The van der Waals surface area contributed by atoms with Crippen molar-refractivity contribution in [3.8, 4) is 0 Å². The molecule has 8 heteroatoms. The van der Waals surface area contributed by atoms with Crippen molar-refractivity contribution in [1.29, 1.82) is 0 Å². The molecule has 3 rings (SSSR count). The highest BCUT2D eigenvalue weighted by atomic mass is 19.1. The molecule has 0 spiro atoms. The molecule has 31 heavy (non-hydrogen) atoms. The van der Waals surface area contributed by atoms with Crippen molar-refractivity contribution < 1.29 is 18.3 Å². The number of nitrogens with zero attached hydrogens (tertiary/aromatic N) is 1. The first-order valence-corrected chi connectivity index (χ1v) is 10.5. The maximum atomic E-state index is 13.8. The Labute approximate surface area is 181 Å². The van der Waals surface area contributed by atoms with E-state index in [0.717, 1.165) is 43.2 Å². The lowest BCUT2D eigenvalue weighted by Gasteiger charge is -2.13. The molecule has 2 aromatic carbocycles. The summed E-state index contributed by atoms with van der Waals surface area (Å²) in [4.78, 5) is 16.9. The minimum absolute atomic E-state index is 0.0911. The number of aliphatic imine (C=N–C) groups is 1. The highest BCUT2D eigenvalue weighted by Gasteiger charge is 2.16. The van der Waals surface area contributed by atoms with Gasteiger partial charge in [0.15, 0.2) is 5.96 Å². The molecule has 166 valence electrons. The van der Waals surface area contributed by atoms with Crippen molar-refractivity contribution in [1.82, 2.24) is 16.0 Å². The van der Waals surface area contributed by atoms with E-state index in [9.17, 15) is 13.6 Å². The Morgan fingerprint density at radius 3 is 2.81 bits per heavy atom. The summed E-state index contributed by atoms with van der Waals surface area (Å²) in [6, 6.07) is 10.6. The van der Waals surface area contributed by atoms with Crippen LogP contribution in [-0.4, -0.2) is 37.7 Å². The van der Waals surface area contributed by atoms with Gasteiger partial charge >= 0.3 is 0 Å². The standard InChI is InChI=1S/C23H28F2N4O2/c1-2-26-23(29-14-18-12-19(24)8-9-21(18)25)28-13-16-5-3-6-17(11-16)22(30)27-15-20-7-4-10-31-20/h3,5-6,8-9,11-12,20H,2,4,7,10,13-15H2,1H3,(H,27,30)(H2,26,28,29). The summed E-state index contributed by atoms with van der Waals surface area (Å²) in [5, 5.41) is 8.99. The molecule has 1 aliphatic rings. The molecule has 0 bridgehead atoms. The van der Waals surface area contributed by atoms with E-state index in [1.165, 1.54) is 0 Å². The van der Waals surface area contributed by atoms with Crippen LogP contribution in [0.4, 0.5) is 8.78 Å². The van der Waals surface area contributed by atoms with Gasteiger partial charge in [-0.25, -0.2) is 13.8 Å². The van der Waals surface area contributed by atoms with Gasteiger partial charge in [-0.15, -0.1) is 0 Å². The van der Waals surface area contributed by atoms with Gasteiger partial charge in [-0.05, 0) is 55.7 Å². The monoisotopic (exact) mass is 430 g/mol. The normalized spacial score (nSPS) is 16.2. The summed E-state index contributed by atoms with van der Waals surface area (Å²) >= 11 is 0. The third kappa shape index (κ3) is 7.03. The summed E-state index contributed by atoms with van der Waals surface area (Å²) in [5.41, 5.74) is 1.64. The van der Waals surface area contributed by atoms with Crippen LogP contribution in [0.5, 0.6) is 0 Å². The lowest BCUT2D eigenvalue weighted by molar-refractivity contribution is 0.0857. The van der Waals surface area contributed by atoms with Crippen LogP contribution >= 0.6 is 0 Å². The number of guanidine groups is 1. The van der Waals surface area contributed by atoms with Crippen LogP contribution in [0.15, 0.2) is 47.5 Å². The van der Waals surface area contributed by atoms with Gasteiger partial charge in [0.1, 0.15) is 11.6 Å². The lowest BCUT2D eigenvalue weighted by Crippen LogP contribution is -2.37. The zero-order valence-corrected chi connectivity index (χ0v) is 17.6. The maximum absolute atomic E-state index is 13.8. The Morgan fingerprint density at radius 2 is 2.03 bits per heavy atom. The fourth-order valence-corrected chi connectivity index (χ4v) is 3.29. The fraction of sp³-hybridized carbons (Fsp3) is 0.391. The van der Waals surface area contributed by atoms with E-state index in [0.29, 0.717) is 31.2 Å². The molecule has 6 nitrogen and oxygen atoms in total. The smallest absolute Gasteiger partial charge is 0.251 e. The second-order valence-electron chi connectivity index (χ2n) is 7.33. The molecule has 0 radical (unpaired) electrons. The molecular weight excluding hydrogens is 402 g/mol. The number of carbonyl (C=O) groups is 1. The van der Waals surface area contributed by atoms with Crippen LogP contribution in [-0.2, 0) is 17.8 Å². The van der Waals surface area contributed by atoms with Crippen LogP contribution in [0, 0.1) is 11.6 Å². The molecule has 0 saturated carbocycles. The van der Waals surface area contributed by atoms with Gasteiger partial charge in [0.2, 0.25) is 0 Å². The molecule has 1 saturated heterocycles. The Hall–Kier alpha value is -3.00. The van der Waals surface area contributed by atoms with Crippen molar-refractivity contribution in [2.24, 2.45) is 4.99 Å². The Kier molecular flexibility index (Phi) is 8.35. The van der Waals surface area contributed by atoms with Gasteiger partial charge < -0.3 is 20.7 Å². The number of benzene rings is 2. The molecule has 1 heterocycles. The SMILES string of the molecule is CCNC(=NCc1cccc(C(=O)NCC2CCCO2)c1)NCc1cc(F)ccc1F. The average molecular weight is 430 g/mol. The first-order valence-electron chi connectivity index (χ1n) is 10.5. The maximum Gasteiger partial charge on any atom is 0.251 e. The Morgan fingerprint density at radius 1 is 1.16 bits per heavy atom. The predicted molar refractivity (Wildman–Crippen MR) is 116 cm³/mol. The molecule has 1 amide bonds. The van der Waals surface area contributed by atoms with Crippen LogP contribution in [0.3, 0.4) is 0 Å². The van der Waals surface area contributed by atoms with Crippen molar-refractivity contribution in [3.05, 3.63) is 70.8 Å². The molecule has 1 aliphatic heterocycles. The largest absolute Gasteiger partial charge is 0.376 e. The molecule has 3 N–H and O–H groups in total. The van der Waals surface area contributed by atoms with E-state index in [-0.39, 0.29) is 24.1 Å². The summed E-state index contributed by atoms with van der Waals surface area (Å²) in [5.74, 6) is -0.645. The van der Waals surface area contributed by atoms with Crippen molar-refractivity contribution in [3.63, 3.8) is 0 Å². The zero-order chi connectivity index (χ0) is 22.1. The second kappa shape index (κ2) is 11.4. The zero-order valence-electron chi connectivity index (χ0n) is 17.6. The Bertz CT molecular complexity index is 914. The molecule has 1 fully saturated rings. The highest BCUT2D eigenvalue weighted by Crippen LogP contribution is 2.12.